The maximum atomic E-state index is 5.98. The predicted molar refractivity (Wildman–Crippen MR) is 72.5 cm³/mol. The Morgan fingerprint density at radius 1 is 1.21 bits per heavy atom. The number of aromatic nitrogens is 2. The summed E-state index contributed by atoms with van der Waals surface area (Å²) in [6.45, 7) is 1.86. The van der Waals surface area contributed by atoms with Gasteiger partial charge in [-0.2, -0.15) is 0 Å². The van der Waals surface area contributed by atoms with Crippen LogP contribution >= 0.6 is 0 Å². The number of fused-ring (bicyclic) bond motifs is 1. The van der Waals surface area contributed by atoms with Gasteiger partial charge >= 0.3 is 0 Å². The predicted octanol–water partition coefficient (Wildman–Crippen LogP) is 0.999. The number of aryl methyl sites for hydroxylation is 1. The molecule has 98 valence electrons. The number of hydrogen-bond acceptors (Lipinski definition) is 5. The Balaban J connectivity index is 2.08. The molecule has 0 amide bonds. The fourth-order valence-electron chi connectivity index (χ4n) is 2.27. The van der Waals surface area contributed by atoms with Gasteiger partial charge in [0.25, 0.3) is 0 Å². The number of ether oxygens (including phenoxy) is 1. The van der Waals surface area contributed by atoms with Gasteiger partial charge in [-0.25, -0.2) is 9.97 Å². The van der Waals surface area contributed by atoms with Crippen molar-refractivity contribution in [2.45, 2.75) is 25.6 Å². The van der Waals surface area contributed by atoms with Crippen molar-refractivity contribution >= 4 is 0 Å². The molecule has 1 aliphatic rings. The summed E-state index contributed by atoms with van der Waals surface area (Å²) in [5, 5.41) is 0. The maximum absolute atomic E-state index is 5.98. The molecule has 0 spiro atoms. The summed E-state index contributed by atoms with van der Waals surface area (Å²) in [5.74, 6) is 1.55. The van der Waals surface area contributed by atoms with Gasteiger partial charge in [-0.3, -0.25) is 5.73 Å². The molecule has 5 nitrogen and oxygen atoms in total. The molecule has 1 aliphatic heterocycles. The Hall–Kier alpha value is -1.98. The fraction of sp³-hybridized carbons (Fsp3) is 0.286. The lowest BCUT2D eigenvalue weighted by molar-refractivity contribution is 0.158. The molecule has 1 aromatic carbocycles. The molecule has 3 rings (SSSR count). The second kappa shape index (κ2) is 4.60. The summed E-state index contributed by atoms with van der Waals surface area (Å²) in [5.41, 5.74) is 14.9. The minimum atomic E-state index is -0.447. The molecule has 0 fully saturated rings. The third kappa shape index (κ3) is 2.18. The lowest BCUT2D eigenvalue weighted by atomic mass is 9.93. The van der Waals surface area contributed by atoms with Crippen LogP contribution in [0, 0.1) is 6.92 Å². The number of hydrogen-bond donors (Lipinski definition) is 2. The number of nitrogens with two attached hydrogens (primary N) is 2. The number of nitrogens with zero attached hydrogens (tertiary/aromatic N) is 2. The molecule has 1 aromatic heterocycles. The van der Waals surface area contributed by atoms with Crippen LogP contribution in [0.25, 0.3) is 11.1 Å². The average molecular weight is 256 g/mol. The highest BCUT2D eigenvalue weighted by atomic mass is 16.5. The van der Waals surface area contributed by atoms with E-state index in [1.807, 2.05) is 37.5 Å². The topological polar surface area (TPSA) is 87.0 Å². The van der Waals surface area contributed by atoms with Crippen LogP contribution in [0.4, 0.5) is 0 Å². The molecule has 4 N–H and O–H groups in total. The van der Waals surface area contributed by atoms with Crippen LogP contribution in [0.3, 0.4) is 0 Å². The normalized spacial score (nSPS) is 21.6. The SMILES string of the molecule is Cc1ncc(-c2cccc3c2C[C@H](N)C(N)O3)cn1. The largest absolute Gasteiger partial charge is 0.474 e. The summed E-state index contributed by atoms with van der Waals surface area (Å²) in [7, 11) is 0. The van der Waals surface area contributed by atoms with Crippen LogP contribution in [-0.2, 0) is 6.42 Å². The zero-order valence-electron chi connectivity index (χ0n) is 10.7. The van der Waals surface area contributed by atoms with E-state index in [2.05, 4.69) is 9.97 Å². The first-order valence-electron chi connectivity index (χ1n) is 6.24. The maximum Gasteiger partial charge on any atom is 0.163 e. The Bertz CT molecular complexity index is 597. The van der Waals surface area contributed by atoms with Gasteiger partial charge in [-0.1, -0.05) is 12.1 Å². The second-order valence-electron chi connectivity index (χ2n) is 4.75. The van der Waals surface area contributed by atoms with E-state index in [1.165, 1.54) is 0 Å². The van der Waals surface area contributed by atoms with Gasteiger partial charge in [0.15, 0.2) is 6.23 Å². The van der Waals surface area contributed by atoms with Crippen molar-refractivity contribution in [1.82, 2.24) is 9.97 Å². The molecule has 2 heterocycles. The third-order valence-corrected chi connectivity index (χ3v) is 3.35. The Morgan fingerprint density at radius 3 is 2.68 bits per heavy atom. The zero-order chi connectivity index (χ0) is 13.4. The fourth-order valence-corrected chi connectivity index (χ4v) is 2.27. The van der Waals surface area contributed by atoms with Crippen LogP contribution < -0.4 is 16.2 Å². The van der Waals surface area contributed by atoms with Crippen molar-refractivity contribution < 1.29 is 4.74 Å². The van der Waals surface area contributed by atoms with E-state index in [0.29, 0.717) is 6.42 Å². The minimum Gasteiger partial charge on any atom is -0.474 e. The molecule has 0 aliphatic carbocycles. The van der Waals surface area contributed by atoms with Gasteiger partial charge in [-0.05, 0) is 25.0 Å². The van der Waals surface area contributed by atoms with E-state index in [9.17, 15) is 0 Å². The third-order valence-electron chi connectivity index (χ3n) is 3.35. The minimum absolute atomic E-state index is 0.194. The highest BCUT2D eigenvalue weighted by Gasteiger charge is 2.26. The highest BCUT2D eigenvalue weighted by molar-refractivity contribution is 5.69. The van der Waals surface area contributed by atoms with E-state index in [0.717, 1.165) is 28.3 Å². The van der Waals surface area contributed by atoms with E-state index < -0.39 is 6.23 Å². The first-order valence-corrected chi connectivity index (χ1v) is 6.24. The van der Waals surface area contributed by atoms with Gasteiger partial charge in [0.05, 0.1) is 6.04 Å². The molecular weight excluding hydrogens is 240 g/mol. The zero-order valence-corrected chi connectivity index (χ0v) is 10.7. The summed E-state index contributed by atoms with van der Waals surface area (Å²) >= 11 is 0. The molecule has 1 unspecified atom stereocenters. The first-order chi connectivity index (χ1) is 9.15. The highest BCUT2D eigenvalue weighted by Crippen LogP contribution is 2.34. The number of benzene rings is 1. The quantitative estimate of drug-likeness (QED) is 0.794. The van der Waals surface area contributed by atoms with Gasteiger partial charge in [0, 0.05) is 23.5 Å². The smallest absolute Gasteiger partial charge is 0.163 e. The summed E-state index contributed by atoms with van der Waals surface area (Å²) in [6, 6.07) is 5.69. The van der Waals surface area contributed by atoms with Crippen molar-refractivity contribution in [2.75, 3.05) is 0 Å². The Morgan fingerprint density at radius 2 is 1.95 bits per heavy atom. The first kappa shape index (κ1) is 12.1. The van der Waals surface area contributed by atoms with Crippen molar-refractivity contribution in [3.8, 4) is 16.9 Å². The molecule has 5 heteroatoms. The van der Waals surface area contributed by atoms with Crippen LogP contribution in [0.15, 0.2) is 30.6 Å². The summed E-state index contributed by atoms with van der Waals surface area (Å²) in [6.07, 6.45) is 3.88. The number of rotatable bonds is 1. The van der Waals surface area contributed by atoms with Crippen LogP contribution in [-0.4, -0.2) is 22.2 Å². The van der Waals surface area contributed by atoms with Crippen LogP contribution in [0.5, 0.6) is 5.75 Å². The molecule has 0 saturated heterocycles. The van der Waals surface area contributed by atoms with Crippen LogP contribution in [0.1, 0.15) is 11.4 Å². The molecule has 0 bridgehead atoms. The monoisotopic (exact) mass is 256 g/mol. The molecule has 2 aromatic rings. The van der Waals surface area contributed by atoms with Gasteiger partial charge in [0.2, 0.25) is 0 Å². The average Bonchev–Trinajstić information content (AvgIpc) is 2.41. The molecular formula is C14H16N4O. The lowest BCUT2D eigenvalue weighted by Crippen LogP contribution is -2.49. The van der Waals surface area contributed by atoms with Crippen molar-refractivity contribution in [3.05, 3.63) is 42.0 Å². The molecule has 19 heavy (non-hydrogen) atoms. The van der Waals surface area contributed by atoms with Gasteiger partial charge < -0.3 is 10.5 Å². The van der Waals surface area contributed by atoms with E-state index >= 15 is 0 Å². The van der Waals surface area contributed by atoms with Crippen molar-refractivity contribution in [1.29, 1.82) is 0 Å². The van der Waals surface area contributed by atoms with Crippen molar-refractivity contribution in [3.63, 3.8) is 0 Å². The van der Waals surface area contributed by atoms with E-state index in [4.69, 9.17) is 16.2 Å². The standard InChI is InChI=1S/C14H16N4O/c1-8-17-6-9(7-18-8)10-3-2-4-13-11(10)5-12(15)14(16)19-13/h2-4,6-7,12,14H,5,15-16H2,1H3/t12-,14?/m0/s1. The summed E-state index contributed by atoms with van der Waals surface area (Å²) < 4.78 is 5.64. The second-order valence-corrected chi connectivity index (χ2v) is 4.75. The van der Waals surface area contributed by atoms with Gasteiger partial charge in [0.1, 0.15) is 11.6 Å². The molecule has 0 saturated carbocycles. The lowest BCUT2D eigenvalue weighted by Gasteiger charge is -2.29. The Labute approximate surface area is 111 Å². The Kier molecular flexibility index (Phi) is 2.93. The van der Waals surface area contributed by atoms with E-state index in [-0.39, 0.29) is 6.04 Å². The molecule has 2 atom stereocenters. The summed E-state index contributed by atoms with van der Waals surface area (Å²) in [4.78, 5) is 8.46. The van der Waals surface area contributed by atoms with Crippen LogP contribution in [0.2, 0.25) is 0 Å². The van der Waals surface area contributed by atoms with Crippen molar-refractivity contribution in [2.24, 2.45) is 11.5 Å². The van der Waals surface area contributed by atoms with Gasteiger partial charge in [-0.15, -0.1) is 0 Å². The van der Waals surface area contributed by atoms with E-state index in [1.54, 1.807) is 0 Å². The molecule has 0 radical (unpaired) electrons.